The van der Waals surface area contributed by atoms with E-state index in [4.69, 9.17) is 4.74 Å². The van der Waals surface area contributed by atoms with Gasteiger partial charge in [-0.1, -0.05) is 13.3 Å². The molecule has 1 fully saturated rings. The van der Waals surface area contributed by atoms with E-state index in [0.717, 1.165) is 18.6 Å². The molecule has 128 valence electrons. The molecule has 0 aliphatic carbocycles. The molecule has 2 rings (SSSR count). The zero-order valence-corrected chi connectivity index (χ0v) is 14.6. The van der Waals surface area contributed by atoms with Crippen LogP contribution in [0.3, 0.4) is 0 Å². The first-order valence-corrected chi connectivity index (χ1v) is 10.0. The third-order valence-electron chi connectivity index (χ3n) is 4.07. The predicted octanol–water partition coefficient (Wildman–Crippen LogP) is 2.51. The lowest BCUT2D eigenvalue weighted by molar-refractivity contribution is 0.0694. The van der Waals surface area contributed by atoms with Gasteiger partial charge in [0, 0.05) is 18.2 Å². The van der Waals surface area contributed by atoms with Crippen LogP contribution in [0.1, 0.15) is 43.5 Å². The second-order valence-corrected chi connectivity index (χ2v) is 8.10. The van der Waals surface area contributed by atoms with E-state index in [-0.39, 0.29) is 23.5 Å². The van der Waals surface area contributed by atoms with Crippen molar-refractivity contribution in [3.63, 3.8) is 0 Å². The predicted molar refractivity (Wildman–Crippen MR) is 90.6 cm³/mol. The fourth-order valence-corrected chi connectivity index (χ4v) is 4.56. The van der Waals surface area contributed by atoms with Crippen molar-refractivity contribution in [2.45, 2.75) is 39.2 Å². The Bertz CT molecular complexity index is 624. The molecule has 5 nitrogen and oxygen atoms in total. The molecule has 0 spiro atoms. The molecule has 23 heavy (non-hydrogen) atoms. The summed E-state index contributed by atoms with van der Waals surface area (Å²) >= 11 is 0. The number of unbranched alkanes of at least 4 members (excludes halogenated alkanes) is 1. The number of ether oxygens (including phenoxy) is 1. The van der Waals surface area contributed by atoms with Crippen LogP contribution in [0.25, 0.3) is 0 Å². The number of carbonyl (C=O) groups is 1. The summed E-state index contributed by atoms with van der Waals surface area (Å²) in [4.78, 5) is 14.5. The van der Waals surface area contributed by atoms with Crippen LogP contribution >= 0.6 is 0 Å². The van der Waals surface area contributed by atoms with Gasteiger partial charge >= 0.3 is 0 Å². The minimum absolute atomic E-state index is 0.0828. The van der Waals surface area contributed by atoms with Gasteiger partial charge < -0.3 is 9.64 Å². The molecule has 0 radical (unpaired) electrons. The summed E-state index contributed by atoms with van der Waals surface area (Å²) in [5, 5.41) is 0. The topological polar surface area (TPSA) is 63.7 Å². The Morgan fingerprint density at radius 1 is 1.26 bits per heavy atom. The van der Waals surface area contributed by atoms with Crippen molar-refractivity contribution < 1.29 is 17.9 Å². The fourth-order valence-electron chi connectivity index (χ4n) is 2.83. The molecule has 0 saturated carbocycles. The molecule has 1 aliphatic rings. The second-order valence-electron chi connectivity index (χ2n) is 5.87. The third kappa shape index (κ3) is 4.70. The van der Waals surface area contributed by atoms with Gasteiger partial charge in [-0.3, -0.25) is 4.79 Å². The summed E-state index contributed by atoms with van der Waals surface area (Å²) in [5.41, 5.74) is 0.578. The minimum atomic E-state index is -3.01. The van der Waals surface area contributed by atoms with E-state index in [0.29, 0.717) is 25.1 Å². The average molecular weight is 339 g/mol. The zero-order chi connectivity index (χ0) is 16.9. The highest BCUT2D eigenvalue weighted by molar-refractivity contribution is 7.91. The molecule has 0 bridgehead atoms. The maximum absolute atomic E-state index is 12.8. The lowest BCUT2D eigenvalue weighted by Gasteiger charge is -2.28. The fraction of sp³-hybridized carbons (Fsp3) is 0.588. The number of amides is 1. The lowest BCUT2D eigenvalue weighted by atomic mass is 10.1. The van der Waals surface area contributed by atoms with Crippen LogP contribution in [0.2, 0.25) is 0 Å². The van der Waals surface area contributed by atoms with Gasteiger partial charge in [0.15, 0.2) is 9.84 Å². The Morgan fingerprint density at radius 2 is 1.96 bits per heavy atom. The highest BCUT2D eigenvalue weighted by Gasteiger charge is 2.34. The van der Waals surface area contributed by atoms with Crippen LogP contribution in [0, 0.1) is 0 Å². The van der Waals surface area contributed by atoms with E-state index < -0.39 is 9.84 Å². The summed E-state index contributed by atoms with van der Waals surface area (Å²) in [6, 6.07) is 6.84. The van der Waals surface area contributed by atoms with Crippen LogP contribution in [0.4, 0.5) is 0 Å². The standard InChI is InChI=1S/C17H25NO4S/c1-3-5-11-18(15-10-12-23(20,21)13-15)17(19)14-6-8-16(9-7-14)22-4-2/h6-9,15H,3-5,10-13H2,1-2H3/t15-/m0/s1. The first-order valence-electron chi connectivity index (χ1n) is 8.21. The number of benzene rings is 1. The number of rotatable bonds is 7. The van der Waals surface area contributed by atoms with E-state index in [2.05, 4.69) is 6.92 Å². The van der Waals surface area contributed by atoms with Crippen LogP contribution in [-0.2, 0) is 9.84 Å². The molecule has 1 aromatic rings. The second kappa shape index (κ2) is 7.81. The summed E-state index contributed by atoms with van der Waals surface area (Å²) in [6.45, 7) is 5.15. The normalized spacial score (nSPS) is 19.5. The zero-order valence-electron chi connectivity index (χ0n) is 13.8. The van der Waals surface area contributed by atoms with Crippen LogP contribution < -0.4 is 4.74 Å². The monoisotopic (exact) mass is 339 g/mol. The van der Waals surface area contributed by atoms with E-state index in [1.54, 1.807) is 29.2 Å². The molecule has 0 N–H and O–H groups in total. The van der Waals surface area contributed by atoms with Crippen molar-refractivity contribution in [2.24, 2.45) is 0 Å². The SMILES string of the molecule is CCCCN(C(=O)c1ccc(OCC)cc1)[C@H]1CCS(=O)(=O)C1. The van der Waals surface area contributed by atoms with Crippen molar-refractivity contribution in [2.75, 3.05) is 24.7 Å². The number of sulfone groups is 1. The van der Waals surface area contributed by atoms with Crippen molar-refractivity contribution in [1.82, 2.24) is 4.90 Å². The smallest absolute Gasteiger partial charge is 0.254 e. The largest absolute Gasteiger partial charge is 0.494 e. The Labute approximate surface area is 138 Å². The Balaban J connectivity index is 2.15. The van der Waals surface area contributed by atoms with Gasteiger partial charge in [-0.15, -0.1) is 0 Å². The summed E-state index contributed by atoms with van der Waals surface area (Å²) < 4.78 is 28.9. The van der Waals surface area contributed by atoms with Crippen LogP contribution in [0.15, 0.2) is 24.3 Å². The van der Waals surface area contributed by atoms with Crippen molar-refractivity contribution in [3.8, 4) is 5.75 Å². The average Bonchev–Trinajstić information content (AvgIpc) is 2.88. The molecule has 1 saturated heterocycles. The minimum Gasteiger partial charge on any atom is -0.494 e. The summed E-state index contributed by atoms with van der Waals surface area (Å²) in [6.07, 6.45) is 2.38. The van der Waals surface area contributed by atoms with Gasteiger partial charge in [0.05, 0.1) is 18.1 Å². The van der Waals surface area contributed by atoms with Crippen molar-refractivity contribution in [1.29, 1.82) is 0 Å². The summed E-state index contributed by atoms with van der Waals surface area (Å²) in [7, 11) is -3.01. The van der Waals surface area contributed by atoms with Gasteiger partial charge in [-0.05, 0) is 44.0 Å². The van der Waals surface area contributed by atoms with E-state index >= 15 is 0 Å². The highest BCUT2D eigenvalue weighted by Crippen LogP contribution is 2.21. The molecule has 0 aromatic heterocycles. The summed E-state index contributed by atoms with van der Waals surface area (Å²) in [5.74, 6) is 0.896. The number of hydrogen-bond donors (Lipinski definition) is 0. The van der Waals surface area contributed by atoms with Gasteiger partial charge in [-0.2, -0.15) is 0 Å². The first-order chi connectivity index (χ1) is 11.0. The molecular formula is C17H25NO4S. The number of carbonyl (C=O) groups excluding carboxylic acids is 1. The van der Waals surface area contributed by atoms with Crippen molar-refractivity contribution >= 4 is 15.7 Å². The molecule has 1 heterocycles. The van der Waals surface area contributed by atoms with E-state index in [1.165, 1.54) is 0 Å². The molecule has 1 aliphatic heterocycles. The quantitative estimate of drug-likeness (QED) is 0.766. The lowest BCUT2D eigenvalue weighted by Crippen LogP contribution is -2.41. The van der Waals surface area contributed by atoms with Crippen LogP contribution in [-0.4, -0.2) is 49.9 Å². The van der Waals surface area contributed by atoms with Gasteiger partial charge in [0.1, 0.15) is 5.75 Å². The van der Waals surface area contributed by atoms with Gasteiger partial charge in [-0.25, -0.2) is 8.42 Å². The molecule has 1 atom stereocenters. The van der Waals surface area contributed by atoms with Crippen molar-refractivity contribution in [3.05, 3.63) is 29.8 Å². The maximum Gasteiger partial charge on any atom is 0.254 e. The first kappa shape index (κ1) is 17.8. The number of nitrogens with zero attached hydrogens (tertiary/aromatic N) is 1. The van der Waals surface area contributed by atoms with Crippen LogP contribution in [0.5, 0.6) is 5.75 Å². The van der Waals surface area contributed by atoms with E-state index in [1.807, 2.05) is 6.92 Å². The molecule has 1 aromatic carbocycles. The molecular weight excluding hydrogens is 314 g/mol. The van der Waals surface area contributed by atoms with Gasteiger partial charge in [0.2, 0.25) is 0 Å². The molecule has 6 heteroatoms. The maximum atomic E-state index is 12.8. The Hall–Kier alpha value is -1.56. The third-order valence-corrected chi connectivity index (χ3v) is 5.83. The highest BCUT2D eigenvalue weighted by atomic mass is 32.2. The molecule has 0 unspecified atom stereocenters. The van der Waals surface area contributed by atoms with Gasteiger partial charge in [0.25, 0.3) is 5.91 Å². The number of hydrogen-bond acceptors (Lipinski definition) is 4. The molecule has 1 amide bonds. The van der Waals surface area contributed by atoms with E-state index in [9.17, 15) is 13.2 Å². The Kier molecular flexibility index (Phi) is 6.04. The Morgan fingerprint density at radius 3 is 2.48 bits per heavy atom.